The number of allylic oxidation sites excluding steroid dienone is 1. The number of para-hydroxylation sites is 1. The van der Waals surface area contributed by atoms with Gasteiger partial charge in [-0.2, -0.15) is 0 Å². The van der Waals surface area contributed by atoms with E-state index < -0.39 is 0 Å². The first kappa shape index (κ1) is 20.3. The predicted molar refractivity (Wildman–Crippen MR) is 119 cm³/mol. The van der Waals surface area contributed by atoms with Crippen LogP contribution in [0, 0.1) is 20.8 Å². The summed E-state index contributed by atoms with van der Waals surface area (Å²) in [5, 5.41) is 7.46. The van der Waals surface area contributed by atoms with E-state index in [1.807, 2.05) is 32.2 Å². The molecule has 0 bridgehead atoms. The highest BCUT2D eigenvalue weighted by atomic mass is 79.9. The summed E-state index contributed by atoms with van der Waals surface area (Å²) in [7, 11) is 0. The fraction of sp³-hybridized carbons (Fsp3) is 0.190. The topological polar surface area (TPSA) is 37.0 Å². The summed E-state index contributed by atoms with van der Waals surface area (Å²) in [4.78, 5) is 5.40. The average molecular weight is 430 g/mol. The monoisotopic (exact) mass is 429 g/mol. The molecule has 0 aliphatic rings. The first-order valence-corrected chi connectivity index (χ1v) is 9.87. The van der Waals surface area contributed by atoms with E-state index in [9.17, 15) is 0 Å². The van der Waals surface area contributed by atoms with Crippen LogP contribution in [0.25, 0.3) is 0 Å². The molecule has 0 atom stereocenters. The summed E-state index contributed by atoms with van der Waals surface area (Å²) >= 11 is 5.05. The van der Waals surface area contributed by atoms with Gasteiger partial charge >= 0.3 is 0 Å². The van der Waals surface area contributed by atoms with Crippen LogP contribution in [-0.2, 0) is 0 Å². The summed E-state index contributed by atoms with van der Waals surface area (Å²) in [6, 6.07) is 8.26. The average Bonchev–Trinajstić information content (AvgIpc) is 2.58. The standard InChI is InChI=1S/C21H24BrN3S/c1-7-19(16(5)24-20-14(3)9-8-10-15(20)4)26-17(6)25-21-18(22)11-13(2)12-23-21/h7-12,24H,5-6H2,1-4H3,(H,23,25)/b19-7-. The zero-order chi connectivity index (χ0) is 19.3. The molecule has 1 aromatic carbocycles. The van der Waals surface area contributed by atoms with Gasteiger partial charge in [-0.3, -0.25) is 0 Å². The number of nitrogens with one attached hydrogen (secondary N) is 2. The van der Waals surface area contributed by atoms with Gasteiger partial charge in [0.2, 0.25) is 0 Å². The first-order chi connectivity index (χ1) is 12.3. The van der Waals surface area contributed by atoms with Crippen molar-refractivity contribution in [1.29, 1.82) is 0 Å². The number of pyridine rings is 1. The van der Waals surface area contributed by atoms with Crippen molar-refractivity contribution < 1.29 is 0 Å². The minimum Gasteiger partial charge on any atom is -0.355 e. The van der Waals surface area contributed by atoms with Crippen LogP contribution >= 0.6 is 27.7 Å². The smallest absolute Gasteiger partial charge is 0.145 e. The van der Waals surface area contributed by atoms with Crippen LogP contribution in [0.2, 0.25) is 0 Å². The Morgan fingerprint density at radius 3 is 2.38 bits per heavy atom. The van der Waals surface area contributed by atoms with Gasteiger partial charge in [0.25, 0.3) is 0 Å². The highest BCUT2D eigenvalue weighted by Crippen LogP contribution is 2.33. The molecule has 0 aliphatic heterocycles. The minimum absolute atomic E-state index is 0.747. The zero-order valence-electron chi connectivity index (χ0n) is 15.6. The van der Waals surface area contributed by atoms with Gasteiger partial charge in [-0.05, 0) is 66.4 Å². The van der Waals surface area contributed by atoms with Gasteiger partial charge in [-0.25, -0.2) is 4.98 Å². The highest BCUT2D eigenvalue weighted by molar-refractivity contribution is 9.10. The second-order valence-electron chi connectivity index (χ2n) is 6.02. The number of halogens is 1. The van der Waals surface area contributed by atoms with Crippen LogP contribution in [-0.4, -0.2) is 4.98 Å². The van der Waals surface area contributed by atoms with Crippen LogP contribution < -0.4 is 10.6 Å². The number of hydrogen-bond acceptors (Lipinski definition) is 4. The van der Waals surface area contributed by atoms with Gasteiger partial charge in [0.15, 0.2) is 0 Å². The van der Waals surface area contributed by atoms with Crippen molar-refractivity contribution in [2.75, 3.05) is 10.6 Å². The highest BCUT2D eigenvalue weighted by Gasteiger charge is 2.10. The number of aryl methyl sites for hydroxylation is 3. The summed E-state index contributed by atoms with van der Waals surface area (Å²) in [6.45, 7) is 16.5. The van der Waals surface area contributed by atoms with Gasteiger partial charge in [0.05, 0.1) is 9.50 Å². The maximum absolute atomic E-state index is 4.40. The predicted octanol–water partition coefficient (Wildman–Crippen LogP) is 6.92. The molecule has 2 aromatic rings. The minimum atomic E-state index is 0.747. The summed E-state index contributed by atoms with van der Waals surface area (Å²) in [5.41, 5.74) is 5.42. The fourth-order valence-electron chi connectivity index (χ4n) is 2.43. The molecule has 1 heterocycles. The van der Waals surface area contributed by atoms with E-state index in [2.05, 4.69) is 76.8 Å². The molecule has 3 nitrogen and oxygen atoms in total. The number of rotatable bonds is 7. The Morgan fingerprint density at radius 2 is 1.81 bits per heavy atom. The number of hydrogen-bond donors (Lipinski definition) is 2. The number of thioether (sulfide) groups is 1. The van der Waals surface area contributed by atoms with E-state index in [0.29, 0.717) is 0 Å². The molecule has 136 valence electrons. The van der Waals surface area contributed by atoms with Crippen LogP contribution in [0.4, 0.5) is 11.5 Å². The molecular weight excluding hydrogens is 406 g/mol. The Bertz CT molecular complexity index is 851. The fourth-order valence-corrected chi connectivity index (χ4v) is 3.70. The van der Waals surface area contributed by atoms with E-state index in [-0.39, 0.29) is 0 Å². The third-order valence-corrected chi connectivity index (χ3v) is 5.44. The van der Waals surface area contributed by atoms with Gasteiger partial charge in [0.1, 0.15) is 5.82 Å². The molecule has 0 spiro atoms. The lowest BCUT2D eigenvalue weighted by atomic mass is 10.1. The quantitative estimate of drug-likeness (QED) is 0.468. The molecule has 1 aromatic heterocycles. The van der Waals surface area contributed by atoms with Crippen LogP contribution in [0.5, 0.6) is 0 Å². The molecular formula is C21H24BrN3S. The zero-order valence-corrected chi connectivity index (χ0v) is 18.0. The molecule has 26 heavy (non-hydrogen) atoms. The Labute approximate surface area is 168 Å². The lowest BCUT2D eigenvalue weighted by molar-refractivity contribution is 1.24. The molecule has 0 saturated heterocycles. The number of anilines is 2. The third-order valence-electron chi connectivity index (χ3n) is 3.79. The SMILES string of the molecule is C=C(Nc1ncc(C)cc1Br)S/C(=C\C)C(=C)Nc1c(C)cccc1C. The third kappa shape index (κ3) is 5.26. The van der Waals surface area contributed by atoms with E-state index in [1.165, 1.54) is 22.9 Å². The molecule has 0 radical (unpaired) electrons. The first-order valence-electron chi connectivity index (χ1n) is 8.26. The van der Waals surface area contributed by atoms with Crippen molar-refractivity contribution >= 4 is 39.2 Å². The number of nitrogens with zero attached hydrogens (tertiary/aromatic N) is 1. The summed E-state index contributed by atoms with van der Waals surface area (Å²) in [5.74, 6) is 0.747. The van der Waals surface area contributed by atoms with E-state index in [1.54, 1.807) is 0 Å². The molecule has 0 aliphatic carbocycles. The maximum atomic E-state index is 4.40. The Morgan fingerprint density at radius 1 is 1.15 bits per heavy atom. The second kappa shape index (κ2) is 9.10. The van der Waals surface area contributed by atoms with Crippen molar-refractivity contribution in [3.05, 3.63) is 86.5 Å². The van der Waals surface area contributed by atoms with Crippen molar-refractivity contribution in [3.8, 4) is 0 Å². The van der Waals surface area contributed by atoms with E-state index in [4.69, 9.17) is 0 Å². The maximum Gasteiger partial charge on any atom is 0.145 e. The van der Waals surface area contributed by atoms with Crippen molar-refractivity contribution in [3.63, 3.8) is 0 Å². The van der Waals surface area contributed by atoms with Gasteiger partial charge in [-0.1, -0.05) is 49.2 Å². The van der Waals surface area contributed by atoms with Crippen molar-refractivity contribution in [2.45, 2.75) is 27.7 Å². The van der Waals surface area contributed by atoms with E-state index >= 15 is 0 Å². The Balaban J connectivity index is 2.06. The lowest BCUT2D eigenvalue weighted by Gasteiger charge is -2.18. The largest absolute Gasteiger partial charge is 0.355 e. The van der Waals surface area contributed by atoms with Gasteiger partial charge < -0.3 is 10.6 Å². The lowest BCUT2D eigenvalue weighted by Crippen LogP contribution is -2.05. The molecule has 0 saturated carbocycles. The van der Waals surface area contributed by atoms with Crippen LogP contribution in [0.1, 0.15) is 23.6 Å². The Kier molecular flexibility index (Phi) is 7.12. The molecule has 0 unspecified atom stereocenters. The second-order valence-corrected chi connectivity index (χ2v) is 8.01. The number of benzene rings is 1. The molecule has 2 rings (SSSR count). The summed E-state index contributed by atoms with van der Waals surface area (Å²) in [6.07, 6.45) is 3.85. The molecule has 5 heteroatoms. The number of aromatic nitrogens is 1. The molecule has 0 amide bonds. The van der Waals surface area contributed by atoms with Crippen LogP contribution in [0.15, 0.2) is 69.8 Å². The summed E-state index contributed by atoms with van der Waals surface area (Å²) < 4.78 is 0.911. The molecule has 2 N–H and O–H groups in total. The van der Waals surface area contributed by atoms with Crippen LogP contribution in [0.3, 0.4) is 0 Å². The van der Waals surface area contributed by atoms with Gasteiger partial charge in [-0.15, -0.1) is 0 Å². The van der Waals surface area contributed by atoms with Crippen molar-refractivity contribution in [2.24, 2.45) is 0 Å². The van der Waals surface area contributed by atoms with Gasteiger partial charge in [0, 0.05) is 22.5 Å². The van der Waals surface area contributed by atoms with Crippen molar-refractivity contribution in [1.82, 2.24) is 4.98 Å². The Hall–Kier alpha value is -1.98. The molecule has 0 fully saturated rings. The normalized spacial score (nSPS) is 11.2. The van der Waals surface area contributed by atoms with E-state index in [0.717, 1.165) is 37.2 Å².